The van der Waals surface area contributed by atoms with Crippen molar-refractivity contribution in [2.45, 2.75) is 20.5 Å². The molecule has 0 saturated carbocycles. The minimum absolute atomic E-state index is 0.191. The number of cyclic esters (lactones) is 1. The van der Waals surface area contributed by atoms with Crippen LogP contribution in [-0.2, 0) is 16.1 Å². The van der Waals surface area contributed by atoms with Gasteiger partial charge < -0.3 is 14.2 Å². The molecule has 1 heterocycles. The molecule has 0 fully saturated rings. The molecule has 0 amide bonds. The highest BCUT2D eigenvalue weighted by Crippen LogP contribution is 2.36. The minimum atomic E-state index is -0.530. The molecule has 0 atom stereocenters. The van der Waals surface area contributed by atoms with Crippen LogP contribution in [0.4, 0.5) is 0 Å². The number of nitrogens with zero attached hydrogens (tertiary/aromatic N) is 1. The van der Waals surface area contributed by atoms with E-state index in [-0.39, 0.29) is 11.6 Å². The van der Waals surface area contributed by atoms with Gasteiger partial charge in [0.15, 0.2) is 17.2 Å². The van der Waals surface area contributed by atoms with E-state index in [1.54, 1.807) is 12.1 Å². The summed E-state index contributed by atoms with van der Waals surface area (Å²) in [4.78, 5) is 16.9. The van der Waals surface area contributed by atoms with Crippen LogP contribution in [0.1, 0.15) is 29.2 Å². The Morgan fingerprint density at radius 2 is 1.88 bits per heavy atom. The Morgan fingerprint density at radius 3 is 2.65 bits per heavy atom. The Labute approximate surface area is 230 Å². The highest BCUT2D eigenvalue weighted by Gasteiger charge is 2.26. The summed E-state index contributed by atoms with van der Waals surface area (Å²) in [6, 6.07) is 17.3. The Morgan fingerprint density at radius 1 is 1.09 bits per heavy atom. The Bertz CT molecular complexity index is 1320. The number of benzene rings is 3. The third kappa shape index (κ3) is 5.75. The number of rotatable bonds is 7. The molecule has 8 heteroatoms. The molecule has 34 heavy (non-hydrogen) atoms. The van der Waals surface area contributed by atoms with E-state index < -0.39 is 5.97 Å². The smallest absolute Gasteiger partial charge is 0.363 e. The monoisotopic (exact) mass is 699 g/mol. The summed E-state index contributed by atoms with van der Waals surface area (Å²) < 4.78 is 19.2. The fraction of sp³-hybridized carbons (Fsp3) is 0.154. The average Bonchev–Trinajstić information content (AvgIpc) is 3.16. The van der Waals surface area contributed by atoms with Gasteiger partial charge in [0.05, 0.1) is 20.8 Å². The molecule has 3 aromatic carbocycles. The van der Waals surface area contributed by atoms with Crippen LogP contribution >= 0.6 is 56.8 Å². The summed E-state index contributed by atoms with van der Waals surface area (Å²) in [5, 5.41) is 0.469. The largest absolute Gasteiger partial charge is 0.490 e. The third-order valence-electron chi connectivity index (χ3n) is 5.05. The Hall–Kier alpha value is -2.11. The number of carbonyl (C=O) groups is 1. The predicted molar refractivity (Wildman–Crippen MR) is 151 cm³/mol. The fourth-order valence-corrected chi connectivity index (χ4v) is 4.81. The summed E-state index contributed by atoms with van der Waals surface area (Å²) in [5.74, 6) is 0.929. The first kappa shape index (κ1) is 25.0. The number of carbonyl (C=O) groups excluding carboxylic acids is 1. The number of halogens is 3. The van der Waals surface area contributed by atoms with Crippen LogP contribution in [-0.4, -0.2) is 18.5 Å². The Balaban J connectivity index is 1.64. The van der Waals surface area contributed by atoms with Crippen LogP contribution in [0.3, 0.4) is 0 Å². The zero-order valence-electron chi connectivity index (χ0n) is 18.4. The number of aliphatic imine (C=N–C) groups is 1. The van der Waals surface area contributed by atoms with Crippen LogP contribution in [0.25, 0.3) is 6.08 Å². The van der Waals surface area contributed by atoms with E-state index in [9.17, 15) is 4.79 Å². The number of hydrogen-bond donors (Lipinski definition) is 0. The molecule has 1 aliphatic heterocycles. The predicted octanol–water partition coefficient (Wildman–Crippen LogP) is 7.18. The van der Waals surface area contributed by atoms with E-state index in [1.807, 2.05) is 49.4 Å². The summed E-state index contributed by atoms with van der Waals surface area (Å²) >= 11 is 10.7. The molecule has 0 aromatic heterocycles. The van der Waals surface area contributed by atoms with E-state index in [4.69, 9.17) is 25.8 Å². The maximum absolute atomic E-state index is 12.5. The normalized spacial score (nSPS) is 14.2. The lowest BCUT2D eigenvalue weighted by Crippen LogP contribution is -2.06. The van der Waals surface area contributed by atoms with E-state index in [2.05, 4.69) is 63.2 Å². The standard InChI is InChI=1S/C26H20ClI2NO4/c1-3-32-23-12-16(10-21(29)24(23)33-14-17-7-5-4-6-15(17)2)11-22-26(31)34-25(30-22)19-13-18(28)8-9-20(19)27/h4-13H,3,14H2,1-2H3/b22-11-. The van der Waals surface area contributed by atoms with Gasteiger partial charge >= 0.3 is 5.97 Å². The van der Waals surface area contributed by atoms with E-state index in [0.29, 0.717) is 35.3 Å². The van der Waals surface area contributed by atoms with Gasteiger partial charge in [-0.25, -0.2) is 9.79 Å². The zero-order valence-corrected chi connectivity index (χ0v) is 23.5. The van der Waals surface area contributed by atoms with Crippen molar-refractivity contribution in [3.8, 4) is 11.5 Å². The quantitative estimate of drug-likeness (QED) is 0.149. The van der Waals surface area contributed by atoms with E-state index in [1.165, 1.54) is 5.56 Å². The molecule has 0 radical (unpaired) electrons. The van der Waals surface area contributed by atoms with Gasteiger partial charge in [-0.2, -0.15) is 0 Å². The molecular formula is C26H20ClI2NO4. The fourth-order valence-electron chi connectivity index (χ4n) is 3.34. The second-order valence-corrected chi connectivity index (χ2v) is 10.3. The van der Waals surface area contributed by atoms with Crippen LogP contribution in [0.2, 0.25) is 5.02 Å². The van der Waals surface area contributed by atoms with Crippen LogP contribution in [0, 0.1) is 14.1 Å². The minimum Gasteiger partial charge on any atom is -0.490 e. The maximum Gasteiger partial charge on any atom is 0.363 e. The summed E-state index contributed by atoms with van der Waals surface area (Å²) in [7, 11) is 0. The number of hydrogen-bond acceptors (Lipinski definition) is 5. The topological polar surface area (TPSA) is 57.1 Å². The molecule has 0 unspecified atom stereocenters. The molecule has 4 rings (SSSR count). The molecule has 1 aliphatic rings. The molecule has 0 bridgehead atoms. The third-order valence-corrected chi connectivity index (χ3v) is 6.85. The first-order valence-corrected chi connectivity index (χ1v) is 13.0. The van der Waals surface area contributed by atoms with Crippen LogP contribution in [0.15, 0.2) is 65.3 Å². The van der Waals surface area contributed by atoms with Crippen molar-refractivity contribution in [1.29, 1.82) is 0 Å². The van der Waals surface area contributed by atoms with Gasteiger partial charge in [0.25, 0.3) is 0 Å². The van der Waals surface area contributed by atoms with Crippen molar-refractivity contribution in [3.63, 3.8) is 0 Å². The zero-order chi connectivity index (χ0) is 24.2. The highest BCUT2D eigenvalue weighted by atomic mass is 127. The van der Waals surface area contributed by atoms with Crippen LogP contribution < -0.4 is 9.47 Å². The molecule has 0 saturated heterocycles. The molecule has 174 valence electrons. The first-order valence-electron chi connectivity index (χ1n) is 10.5. The summed E-state index contributed by atoms with van der Waals surface area (Å²) in [6.45, 7) is 4.88. The molecular weight excluding hydrogens is 680 g/mol. The van der Waals surface area contributed by atoms with E-state index >= 15 is 0 Å². The van der Waals surface area contributed by atoms with Crippen molar-refractivity contribution in [3.05, 3.63) is 94.7 Å². The van der Waals surface area contributed by atoms with Gasteiger partial charge in [-0.05, 0) is 112 Å². The van der Waals surface area contributed by atoms with Crippen molar-refractivity contribution >= 4 is 74.7 Å². The first-order chi connectivity index (χ1) is 16.4. The lowest BCUT2D eigenvalue weighted by Gasteiger charge is -2.15. The molecule has 5 nitrogen and oxygen atoms in total. The lowest BCUT2D eigenvalue weighted by molar-refractivity contribution is -0.129. The van der Waals surface area contributed by atoms with Crippen molar-refractivity contribution in [2.24, 2.45) is 4.99 Å². The summed E-state index contributed by atoms with van der Waals surface area (Å²) in [5.41, 5.74) is 3.79. The SMILES string of the molecule is CCOc1cc(/C=C2\N=C(c3cc(I)ccc3Cl)OC2=O)cc(I)c1OCc1ccccc1C. The van der Waals surface area contributed by atoms with Gasteiger partial charge in [0.2, 0.25) is 5.90 Å². The average molecular weight is 700 g/mol. The van der Waals surface area contributed by atoms with Crippen molar-refractivity contribution < 1.29 is 19.0 Å². The lowest BCUT2D eigenvalue weighted by atomic mass is 10.1. The second kappa shape index (κ2) is 11.1. The van der Waals surface area contributed by atoms with E-state index in [0.717, 1.165) is 18.3 Å². The maximum atomic E-state index is 12.5. The Kier molecular flexibility index (Phi) is 8.15. The van der Waals surface area contributed by atoms with Gasteiger partial charge in [-0.3, -0.25) is 0 Å². The number of aryl methyl sites for hydroxylation is 1. The van der Waals surface area contributed by atoms with Gasteiger partial charge in [-0.1, -0.05) is 35.9 Å². The van der Waals surface area contributed by atoms with Crippen LogP contribution in [0.5, 0.6) is 11.5 Å². The molecule has 0 aliphatic carbocycles. The van der Waals surface area contributed by atoms with Gasteiger partial charge in [0, 0.05) is 3.57 Å². The second-order valence-electron chi connectivity index (χ2n) is 7.44. The molecule has 0 N–H and O–H groups in total. The van der Waals surface area contributed by atoms with Gasteiger partial charge in [0.1, 0.15) is 6.61 Å². The van der Waals surface area contributed by atoms with Crippen molar-refractivity contribution in [1.82, 2.24) is 0 Å². The number of ether oxygens (including phenoxy) is 3. The number of esters is 1. The highest BCUT2D eigenvalue weighted by molar-refractivity contribution is 14.1. The van der Waals surface area contributed by atoms with Crippen molar-refractivity contribution in [2.75, 3.05) is 6.61 Å². The molecule has 3 aromatic rings. The summed E-state index contributed by atoms with van der Waals surface area (Å²) in [6.07, 6.45) is 1.67. The van der Waals surface area contributed by atoms with Gasteiger partial charge in [-0.15, -0.1) is 0 Å². The molecule has 0 spiro atoms.